The van der Waals surface area contributed by atoms with Crippen molar-refractivity contribution >= 4 is 33.2 Å². The molecule has 2 heterocycles. The van der Waals surface area contributed by atoms with E-state index in [2.05, 4.69) is 0 Å². The number of fused-ring (bicyclic) bond motifs is 1. The monoisotopic (exact) mass is 420 g/mol. The van der Waals surface area contributed by atoms with Gasteiger partial charge in [-0.3, -0.25) is 4.79 Å². The number of carbonyl (C=O) groups excluding carboxylic acids is 1. The van der Waals surface area contributed by atoms with Crippen LogP contribution in [0, 0.1) is 0 Å². The smallest absolute Gasteiger partial charge is 0.243 e. The van der Waals surface area contributed by atoms with Gasteiger partial charge in [0.1, 0.15) is 12.4 Å². The summed E-state index contributed by atoms with van der Waals surface area (Å²) in [5.74, 6) is 0.374. The third kappa shape index (κ3) is 3.27. The van der Waals surface area contributed by atoms with Crippen molar-refractivity contribution in [3.8, 4) is 5.75 Å². The number of sulfonamides is 1. The SMILES string of the molecule is CC(=O)N1CCOc2ccc(S(=O)(=O)N3CCCC3c3ccccc3Cl)cc21. The number of benzene rings is 2. The van der Waals surface area contributed by atoms with Crippen molar-refractivity contribution in [1.29, 1.82) is 0 Å². The van der Waals surface area contributed by atoms with E-state index in [0.717, 1.165) is 18.4 Å². The van der Waals surface area contributed by atoms with Crippen LogP contribution in [-0.4, -0.2) is 38.3 Å². The summed E-state index contributed by atoms with van der Waals surface area (Å²) in [6.45, 7) is 2.68. The second-order valence-corrected chi connectivity index (χ2v) is 9.24. The standard InChI is InChI=1S/C20H21ClN2O4S/c1-14(24)22-11-12-27-20-9-8-15(13-19(20)22)28(25,26)23-10-4-7-18(23)16-5-2-3-6-17(16)21/h2-3,5-6,8-9,13,18H,4,7,10-12H2,1H3. The predicted octanol–water partition coefficient (Wildman–Crippen LogP) is 3.61. The summed E-state index contributed by atoms with van der Waals surface area (Å²) in [6, 6.07) is 11.8. The summed E-state index contributed by atoms with van der Waals surface area (Å²) in [6.07, 6.45) is 1.49. The zero-order chi connectivity index (χ0) is 19.9. The van der Waals surface area contributed by atoms with Crippen molar-refractivity contribution in [1.82, 2.24) is 4.31 Å². The molecule has 1 saturated heterocycles. The van der Waals surface area contributed by atoms with E-state index in [1.807, 2.05) is 18.2 Å². The van der Waals surface area contributed by atoms with Crippen molar-refractivity contribution in [2.45, 2.75) is 30.7 Å². The molecule has 1 atom stereocenters. The number of nitrogens with zero attached hydrogens (tertiary/aromatic N) is 2. The minimum Gasteiger partial charge on any atom is -0.490 e. The molecule has 2 aliphatic heterocycles. The van der Waals surface area contributed by atoms with Gasteiger partial charge >= 0.3 is 0 Å². The fourth-order valence-electron chi connectivity index (χ4n) is 3.90. The Labute approximate surface area is 169 Å². The maximum absolute atomic E-state index is 13.4. The van der Waals surface area contributed by atoms with Crippen LogP contribution >= 0.6 is 11.6 Å². The molecule has 2 aromatic rings. The number of halogens is 1. The van der Waals surface area contributed by atoms with E-state index < -0.39 is 10.0 Å². The number of amides is 1. The normalized spacial score (nSPS) is 19.9. The maximum Gasteiger partial charge on any atom is 0.243 e. The molecule has 1 fully saturated rings. The third-order valence-corrected chi connectivity index (χ3v) is 7.50. The molecular weight excluding hydrogens is 400 g/mol. The Hall–Kier alpha value is -2.09. The highest BCUT2D eigenvalue weighted by Gasteiger charge is 2.37. The first-order valence-corrected chi connectivity index (χ1v) is 11.0. The average Bonchev–Trinajstić information content (AvgIpc) is 3.17. The lowest BCUT2D eigenvalue weighted by atomic mass is 10.1. The number of carbonyl (C=O) groups is 1. The average molecular weight is 421 g/mol. The second-order valence-electron chi connectivity index (χ2n) is 6.94. The van der Waals surface area contributed by atoms with Gasteiger partial charge in [-0.25, -0.2) is 8.42 Å². The first kappa shape index (κ1) is 19.2. The maximum atomic E-state index is 13.4. The highest BCUT2D eigenvalue weighted by Crippen LogP contribution is 2.41. The van der Waals surface area contributed by atoms with E-state index in [-0.39, 0.29) is 16.8 Å². The Morgan fingerprint density at radius 2 is 1.96 bits per heavy atom. The fourth-order valence-corrected chi connectivity index (χ4v) is 5.86. The van der Waals surface area contributed by atoms with Crippen LogP contribution in [0.3, 0.4) is 0 Å². The van der Waals surface area contributed by atoms with Gasteiger partial charge in [-0.1, -0.05) is 29.8 Å². The fraction of sp³-hybridized carbons (Fsp3) is 0.350. The largest absolute Gasteiger partial charge is 0.490 e. The molecule has 8 heteroatoms. The van der Waals surface area contributed by atoms with Gasteiger partial charge in [0.25, 0.3) is 0 Å². The summed E-state index contributed by atoms with van der Waals surface area (Å²) < 4.78 is 34.0. The minimum atomic E-state index is -3.75. The highest BCUT2D eigenvalue weighted by atomic mass is 35.5. The zero-order valence-corrected chi connectivity index (χ0v) is 17.0. The quantitative estimate of drug-likeness (QED) is 0.760. The van der Waals surface area contributed by atoms with Crippen LogP contribution in [0.1, 0.15) is 31.4 Å². The van der Waals surface area contributed by atoms with Gasteiger partial charge < -0.3 is 9.64 Å². The van der Waals surface area contributed by atoms with Crippen molar-refractivity contribution in [3.05, 3.63) is 53.1 Å². The van der Waals surface area contributed by atoms with Gasteiger partial charge in [0.05, 0.1) is 23.2 Å². The van der Waals surface area contributed by atoms with E-state index in [1.54, 1.807) is 23.1 Å². The third-order valence-electron chi connectivity index (χ3n) is 5.25. The molecule has 0 bridgehead atoms. The molecule has 148 valence electrons. The van der Waals surface area contributed by atoms with Crippen molar-refractivity contribution < 1.29 is 17.9 Å². The summed E-state index contributed by atoms with van der Waals surface area (Å²) in [7, 11) is -3.75. The minimum absolute atomic E-state index is 0.144. The molecule has 1 amide bonds. The van der Waals surface area contributed by atoms with Crippen molar-refractivity contribution in [2.75, 3.05) is 24.6 Å². The van der Waals surface area contributed by atoms with E-state index in [9.17, 15) is 13.2 Å². The van der Waals surface area contributed by atoms with Crippen LogP contribution in [0.25, 0.3) is 0 Å². The van der Waals surface area contributed by atoms with Crippen LogP contribution in [0.2, 0.25) is 5.02 Å². The van der Waals surface area contributed by atoms with Gasteiger partial charge in [-0.2, -0.15) is 4.31 Å². The Bertz CT molecular complexity index is 1020. The summed E-state index contributed by atoms with van der Waals surface area (Å²) in [5.41, 5.74) is 1.31. The zero-order valence-electron chi connectivity index (χ0n) is 15.5. The van der Waals surface area contributed by atoms with Crippen LogP contribution < -0.4 is 9.64 Å². The van der Waals surface area contributed by atoms with E-state index in [1.165, 1.54) is 17.3 Å². The molecule has 0 N–H and O–H groups in total. The molecule has 0 saturated carbocycles. The molecule has 6 nitrogen and oxygen atoms in total. The number of ether oxygens (including phenoxy) is 1. The van der Waals surface area contributed by atoms with Crippen LogP contribution in [0.15, 0.2) is 47.4 Å². The van der Waals surface area contributed by atoms with Gasteiger partial charge in [-0.05, 0) is 42.7 Å². The Morgan fingerprint density at radius 1 is 1.18 bits per heavy atom. The van der Waals surface area contributed by atoms with Gasteiger partial charge in [0.2, 0.25) is 15.9 Å². The van der Waals surface area contributed by atoms with Crippen LogP contribution in [-0.2, 0) is 14.8 Å². The molecular formula is C20H21ClN2O4S. The predicted molar refractivity (Wildman–Crippen MR) is 107 cm³/mol. The van der Waals surface area contributed by atoms with Crippen molar-refractivity contribution in [2.24, 2.45) is 0 Å². The highest BCUT2D eigenvalue weighted by molar-refractivity contribution is 7.89. The van der Waals surface area contributed by atoms with Gasteiger partial charge in [0.15, 0.2) is 0 Å². The Morgan fingerprint density at radius 3 is 2.71 bits per heavy atom. The topological polar surface area (TPSA) is 66.9 Å². The molecule has 0 aromatic heterocycles. The summed E-state index contributed by atoms with van der Waals surface area (Å²) in [5, 5.41) is 0.566. The molecule has 0 radical (unpaired) electrons. The first-order valence-electron chi connectivity index (χ1n) is 9.21. The second kappa shape index (κ2) is 7.39. The lowest BCUT2D eigenvalue weighted by molar-refractivity contribution is -0.116. The van der Waals surface area contributed by atoms with Gasteiger partial charge in [-0.15, -0.1) is 0 Å². The number of hydrogen-bond acceptors (Lipinski definition) is 4. The number of rotatable bonds is 3. The van der Waals surface area contributed by atoms with E-state index >= 15 is 0 Å². The van der Waals surface area contributed by atoms with E-state index in [4.69, 9.17) is 16.3 Å². The molecule has 2 aromatic carbocycles. The van der Waals surface area contributed by atoms with Crippen LogP contribution in [0.5, 0.6) is 5.75 Å². The molecule has 1 unspecified atom stereocenters. The molecule has 28 heavy (non-hydrogen) atoms. The first-order chi connectivity index (χ1) is 13.4. The summed E-state index contributed by atoms with van der Waals surface area (Å²) in [4.78, 5) is 13.7. The lowest BCUT2D eigenvalue weighted by Gasteiger charge is -2.30. The lowest BCUT2D eigenvalue weighted by Crippen LogP contribution is -2.37. The Kier molecular flexibility index (Phi) is 5.07. The van der Waals surface area contributed by atoms with E-state index in [0.29, 0.717) is 36.2 Å². The molecule has 2 aliphatic rings. The molecule has 4 rings (SSSR count). The number of hydrogen-bond donors (Lipinski definition) is 0. The number of anilines is 1. The molecule has 0 spiro atoms. The van der Waals surface area contributed by atoms with Crippen LogP contribution in [0.4, 0.5) is 5.69 Å². The van der Waals surface area contributed by atoms with Gasteiger partial charge in [0, 0.05) is 18.5 Å². The van der Waals surface area contributed by atoms with Crippen molar-refractivity contribution in [3.63, 3.8) is 0 Å². The molecule has 0 aliphatic carbocycles. The summed E-state index contributed by atoms with van der Waals surface area (Å²) >= 11 is 6.33. The Balaban J connectivity index is 1.73.